The number of aliphatic hydroxyl groups is 1. The minimum atomic E-state index is -0.388. The SMILES string of the molecule is O=C(NCC1CCN(Cc2ccccc2)CC1)NC1CCCCC1O. The molecule has 138 valence electrons. The van der Waals surface area contributed by atoms with Crippen molar-refractivity contribution in [3.05, 3.63) is 35.9 Å². The zero-order chi connectivity index (χ0) is 17.5. The van der Waals surface area contributed by atoms with Crippen molar-refractivity contribution in [3.8, 4) is 0 Å². The lowest BCUT2D eigenvalue weighted by Crippen LogP contribution is -2.50. The molecule has 2 unspecified atom stereocenters. The van der Waals surface area contributed by atoms with E-state index in [1.165, 1.54) is 5.56 Å². The van der Waals surface area contributed by atoms with Crippen LogP contribution in [0.3, 0.4) is 0 Å². The van der Waals surface area contributed by atoms with E-state index in [2.05, 4.69) is 45.9 Å². The van der Waals surface area contributed by atoms with Crippen LogP contribution in [0, 0.1) is 5.92 Å². The third kappa shape index (κ3) is 5.72. The molecule has 5 heteroatoms. The van der Waals surface area contributed by atoms with Gasteiger partial charge in [-0.1, -0.05) is 43.2 Å². The second kappa shape index (κ2) is 9.20. The summed E-state index contributed by atoms with van der Waals surface area (Å²) in [5.41, 5.74) is 1.37. The Morgan fingerprint density at radius 1 is 1.08 bits per heavy atom. The maximum Gasteiger partial charge on any atom is 0.315 e. The van der Waals surface area contributed by atoms with E-state index >= 15 is 0 Å². The summed E-state index contributed by atoms with van der Waals surface area (Å²) in [6.07, 6.45) is 5.68. The fourth-order valence-corrected chi connectivity index (χ4v) is 3.93. The van der Waals surface area contributed by atoms with Crippen LogP contribution in [-0.4, -0.2) is 47.8 Å². The van der Waals surface area contributed by atoms with Crippen LogP contribution in [0.25, 0.3) is 0 Å². The highest BCUT2D eigenvalue weighted by atomic mass is 16.3. The molecule has 5 nitrogen and oxygen atoms in total. The number of hydrogen-bond acceptors (Lipinski definition) is 3. The summed E-state index contributed by atoms with van der Waals surface area (Å²) >= 11 is 0. The quantitative estimate of drug-likeness (QED) is 0.768. The van der Waals surface area contributed by atoms with Gasteiger partial charge < -0.3 is 15.7 Å². The summed E-state index contributed by atoms with van der Waals surface area (Å²) in [5.74, 6) is 0.550. The van der Waals surface area contributed by atoms with E-state index in [-0.39, 0.29) is 18.2 Å². The monoisotopic (exact) mass is 345 g/mol. The lowest BCUT2D eigenvalue weighted by atomic mass is 9.93. The lowest BCUT2D eigenvalue weighted by molar-refractivity contribution is 0.0940. The average Bonchev–Trinajstić information content (AvgIpc) is 2.64. The zero-order valence-electron chi connectivity index (χ0n) is 15.0. The first-order chi connectivity index (χ1) is 12.2. The van der Waals surface area contributed by atoms with E-state index in [9.17, 15) is 9.90 Å². The molecule has 1 aliphatic heterocycles. The topological polar surface area (TPSA) is 64.6 Å². The first-order valence-corrected chi connectivity index (χ1v) is 9.69. The van der Waals surface area contributed by atoms with Gasteiger partial charge in [0.25, 0.3) is 0 Å². The summed E-state index contributed by atoms with van der Waals surface area (Å²) in [6.45, 7) is 3.92. The number of nitrogens with one attached hydrogen (secondary N) is 2. The Kier molecular flexibility index (Phi) is 6.70. The minimum absolute atomic E-state index is 0.0820. The molecule has 25 heavy (non-hydrogen) atoms. The van der Waals surface area contributed by atoms with Crippen LogP contribution in [0.5, 0.6) is 0 Å². The second-order valence-electron chi connectivity index (χ2n) is 7.52. The van der Waals surface area contributed by atoms with Gasteiger partial charge >= 0.3 is 6.03 Å². The molecule has 2 atom stereocenters. The molecule has 2 fully saturated rings. The van der Waals surface area contributed by atoms with Crippen LogP contribution in [-0.2, 0) is 6.54 Å². The van der Waals surface area contributed by atoms with Gasteiger partial charge in [0.05, 0.1) is 12.1 Å². The maximum atomic E-state index is 12.1. The zero-order valence-corrected chi connectivity index (χ0v) is 15.0. The van der Waals surface area contributed by atoms with Crippen molar-refractivity contribution in [2.45, 2.75) is 57.2 Å². The van der Waals surface area contributed by atoms with Gasteiger partial charge in [-0.3, -0.25) is 4.90 Å². The number of piperidine rings is 1. The average molecular weight is 345 g/mol. The smallest absolute Gasteiger partial charge is 0.315 e. The fourth-order valence-electron chi connectivity index (χ4n) is 3.93. The van der Waals surface area contributed by atoms with Crippen LogP contribution >= 0.6 is 0 Å². The predicted molar refractivity (Wildman–Crippen MR) is 99.2 cm³/mol. The number of amides is 2. The van der Waals surface area contributed by atoms with Gasteiger partial charge in [-0.2, -0.15) is 0 Å². The first-order valence-electron chi connectivity index (χ1n) is 9.69. The first kappa shape index (κ1) is 18.2. The number of urea groups is 1. The van der Waals surface area contributed by atoms with Crippen molar-refractivity contribution in [3.63, 3.8) is 0 Å². The van der Waals surface area contributed by atoms with Gasteiger partial charge in [-0.05, 0) is 50.3 Å². The molecule has 1 aromatic carbocycles. The molecule has 2 amide bonds. The normalized spacial score (nSPS) is 25.5. The van der Waals surface area contributed by atoms with Crippen LogP contribution in [0.4, 0.5) is 4.79 Å². The highest BCUT2D eigenvalue weighted by Gasteiger charge is 2.25. The van der Waals surface area contributed by atoms with Gasteiger partial charge in [0.1, 0.15) is 0 Å². The summed E-state index contributed by atoms with van der Waals surface area (Å²) in [5, 5.41) is 15.9. The van der Waals surface area contributed by atoms with E-state index in [0.29, 0.717) is 5.92 Å². The largest absolute Gasteiger partial charge is 0.391 e. The summed E-state index contributed by atoms with van der Waals surface area (Å²) in [6, 6.07) is 10.4. The third-order valence-corrected chi connectivity index (χ3v) is 5.55. The van der Waals surface area contributed by atoms with Gasteiger partial charge in [0.2, 0.25) is 0 Å². The molecule has 1 heterocycles. The Balaban J connectivity index is 1.33. The van der Waals surface area contributed by atoms with Gasteiger partial charge in [-0.25, -0.2) is 4.79 Å². The second-order valence-corrected chi connectivity index (χ2v) is 7.52. The lowest BCUT2D eigenvalue weighted by Gasteiger charge is -2.32. The summed E-state index contributed by atoms with van der Waals surface area (Å²) < 4.78 is 0. The Bertz CT molecular complexity index is 529. The molecule has 0 aromatic heterocycles. The van der Waals surface area contributed by atoms with E-state index in [0.717, 1.165) is 64.7 Å². The molecule has 1 saturated heterocycles. The highest BCUT2D eigenvalue weighted by molar-refractivity contribution is 5.74. The Morgan fingerprint density at radius 3 is 2.52 bits per heavy atom. The number of hydrogen-bond donors (Lipinski definition) is 3. The number of rotatable bonds is 5. The van der Waals surface area contributed by atoms with Gasteiger partial charge in [0.15, 0.2) is 0 Å². The van der Waals surface area contributed by atoms with E-state index in [1.807, 2.05) is 0 Å². The Labute approximate surface area is 150 Å². The van der Waals surface area contributed by atoms with Crippen LogP contribution in [0.1, 0.15) is 44.1 Å². The molecular formula is C20H31N3O2. The Hall–Kier alpha value is -1.59. The number of likely N-dealkylation sites (tertiary alicyclic amines) is 1. The van der Waals surface area contributed by atoms with Crippen molar-refractivity contribution in [1.29, 1.82) is 0 Å². The number of carbonyl (C=O) groups excluding carboxylic acids is 1. The van der Waals surface area contributed by atoms with E-state index in [4.69, 9.17) is 0 Å². The van der Waals surface area contributed by atoms with Gasteiger partial charge in [0, 0.05) is 13.1 Å². The summed E-state index contributed by atoms with van der Waals surface area (Å²) in [7, 11) is 0. The van der Waals surface area contributed by atoms with E-state index in [1.54, 1.807) is 0 Å². The number of carbonyl (C=O) groups is 1. The number of nitrogens with zero attached hydrogens (tertiary/aromatic N) is 1. The highest BCUT2D eigenvalue weighted by Crippen LogP contribution is 2.19. The molecule has 3 rings (SSSR count). The van der Waals surface area contributed by atoms with Crippen LogP contribution in [0.2, 0.25) is 0 Å². The number of benzene rings is 1. The molecule has 3 N–H and O–H groups in total. The van der Waals surface area contributed by atoms with Crippen molar-refractivity contribution < 1.29 is 9.90 Å². The van der Waals surface area contributed by atoms with Gasteiger partial charge in [-0.15, -0.1) is 0 Å². The van der Waals surface area contributed by atoms with Crippen molar-refractivity contribution in [2.75, 3.05) is 19.6 Å². The molecular weight excluding hydrogens is 314 g/mol. The third-order valence-electron chi connectivity index (χ3n) is 5.55. The predicted octanol–water partition coefficient (Wildman–Crippen LogP) is 2.50. The molecule has 1 aliphatic carbocycles. The molecule has 0 bridgehead atoms. The van der Waals surface area contributed by atoms with Crippen LogP contribution < -0.4 is 10.6 Å². The van der Waals surface area contributed by atoms with E-state index < -0.39 is 0 Å². The summed E-state index contributed by atoms with van der Waals surface area (Å²) in [4.78, 5) is 14.6. The standard InChI is InChI=1S/C20H31N3O2/c24-19-9-5-4-8-18(19)22-20(25)21-14-16-10-12-23(13-11-16)15-17-6-2-1-3-7-17/h1-3,6-7,16,18-19,24H,4-5,8-15H2,(H2,21,22,25). The van der Waals surface area contributed by atoms with Crippen molar-refractivity contribution in [2.24, 2.45) is 5.92 Å². The number of aliphatic hydroxyl groups excluding tert-OH is 1. The van der Waals surface area contributed by atoms with Crippen molar-refractivity contribution >= 4 is 6.03 Å². The maximum absolute atomic E-state index is 12.1. The molecule has 1 saturated carbocycles. The van der Waals surface area contributed by atoms with Crippen LogP contribution in [0.15, 0.2) is 30.3 Å². The fraction of sp³-hybridized carbons (Fsp3) is 0.650. The van der Waals surface area contributed by atoms with Crippen molar-refractivity contribution in [1.82, 2.24) is 15.5 Å². The molecule has 1 aromatic rings. The Morgan fingerprint density at radius 2 is 1.80 bits per heavy atom. The molecule has 2 aliphatic rings. The molecule has 0 spiro atoms. The minimum Gasteiger partial charge on any atom is -0.391 e. The molecule has 0 radical (unpaired) electrons.